The maximum atomic E-state index is 12.0. The van der Waals surface area contributed by atoms with E-state index in [1.807, 2.05) is 0 Å². The lowest BCUT2D eigenvalue weighted by Gasteiger charge is -2.14. The van der Waals surface area contributed by atoms with Crippen molar-refractivity contribution >= 4 is 23.8 Å². The molecule has 1 aromatic carbocycles. The lowest BCUT2D eigenvalue weighted by Crippen LogP contribution is -2.35. The smallest absolute Gasteiger partial charge is 0.340 e. The molecule has 0 radical (unpaired) electrons. The average Bonchev–Trinajstić information content (AvgIpc) is 2.98. The van der Waals surface area contributed by atoms with E-state index in [1.54, 1.807) is 12.1 Å². The monoisotopic (exact) mass is 275 g/mol. The number of cyclic esters (lactones) is 1. The molecule has 1 aromatic rings. The summed E-state index contributed by atoms with van der Waals surface area (Å²) >= 11 is 0. The van der Waals surface area contributed by atoms with Crippen LogP contribution in [0.4, 0.5) is 0 Å². The highest BCUT2D eigenvalue weighted by Gasteiger charge is 2.41. The molecule has 7 nitrogen and oxygen atoms in total. The minimum absolute atomic E-state index is 0.0964. The molecule has 0 aliphatic carbocycles. The van der Waals surface area contributed by atoms with Crippen LogP contribution in [0, 0.1) is 5.92 Å². The number of carbonyl (C=O) groups excluding carboxylic acids is 4. The average molecular weight is 275 g/mol. The number of amides is 2. The number of hydroxylamine groups is 2. The molecule has 1 saturated heterocycles. The minimum atomic E-state index is -0.828. The standard InChI is InChI=1S/C13H9NO6/c15-10-5-7(6-19-10)13(18)20-14-11(16)8-3-1-2-4-9(8)12(14)17/h1-4,7H,5-6H2. The van der Waals surface area contributed by atoms with Crippen molar-refractivity contribution in [3.63, 3.8) is 0 Å². The van der Waals surface area contributed by atoms with E-state index < -0.39 is 29.7 Å². The van der Waals surface area contributed by atoms with E-state index in [0.717, 1.165) is 0 Å². The second-order valence-electron chi connectivity index (χ2n) is 4.44. The Labute approximate surface area is 113 Å². The number of imide groups is 1. The molecule has 2 amide bonds. The number of benzene rings is 1. The maximum Gasteiger partial charge on any atom is 0.340 e. The highest BCUT2D eigenvalue weighted by atomic mass is 16.7. The Morgan fingerprint density at radius 2 is 1.75 bits per heavy atom. The molecule has 2 aliphatic heterocycles. The molecule has 0 spiro atoms. The quantitative estimate of drug-likeness (QED) is 0.569. The van der Waals surface area contributed by atoms with Crippen LogP contribution in [0.2, 0.25) is 0 Å². The van der Waals surface area contributed by atoms with Gasteiger partial charge < -0.3 is 9.57 Å². The Morgan fingerprint density at radius 3 is 2.25 bits per heavy atom. The van der Waals surface area contributed by atoms with Crippen molar-refractivity contribution in [3.05, 3.63) is 35.4 Å². The van der Waals surface area contributed by atoms with Crippen LogP contribution >= 0.6 is 0 Å². The van der Waals surface area contributed by atoms with Gasteiger partial charge in [-0.1, -0.05) is 17.2 Å². The topological polar surface area (TPSA) is 90.0 Å². The molecule has 20 heavy (non-hydrogen) atoms. The van der Waals surface area contributed by atoms with Gasteiger partial charge >= 0.3 is 11.9 Å². The van der Waals surface area contributed by atoms with Crippen LogP contribution in [-0.2, 0) is 19.2 Å². The zero-order chi connectivity index (χ0) is 14.3. The number of hydrogen-bond acceptors (Lipinski definition) is 6. The molecule has 0 N–H and O–H groups in total. The highest BCUT2D eigenvalue weighted by molar-refractivity contribution is 6.20. The summed E-state index contributed by atoms with van der Waals surface area (Å²) < 4.78 is 4.64. The van der Waals surface area contributed by atoms with Gasteiger partial charge in [0, 0.05) is 0 Å². The number of ether oxygens (including phenoxy) is 1. The number of hydrogen-bond donors (Lipinski definition) is 0. The fraction of sp³-hybridized carbons (Fsp3) is 0.231. The van der Waals surface area contributed by atoms with Crippen molar-refractivity contribution < 1.29 is 28.8 Å². The first-order valence-corrected chi connectivity index (χ1v) is 5.93. The van der Waals surface area contributed by atoms with Gasteiger partial charge in [0.1, 0.15) is 12.5 Å². The summed E-state index contributed by atoms with van der Waals surface area (Å²) in [6.07, 6.45) is -0.109. The third-order valence-electron chi connectivity index (χ3n) is 3.13. The van der Waals surface area contributed by atoms with Gasteiger partial charge in [-0.3, -0.25) is 14.4 Å². The molecular formula is C13H9NO6. The van der Waals surface area contributed by atoms with E-state index in [1.165, 1.54) is 12.1 Å². The van der Waals surface area contributed by atoms with Crippen LogP contribution in [0.5, 0.6) is 0 Å². The van der Waals surface area contributed by atoms with Crippen molar-refractivity contribution in [2.45, 2.75) is 6.42 Å². The fourth-order valence-electron chi connectivity index (χ4n) is 2.08. The van der Waals surface area contributed by atoms with Crippen LogP contribution in [0.3, 0.4) is 0 Å². The summed E-state index contributed by atoms with van der Waals surface area (Å²) in [5.74, 6) is -3.50. The zero-order valence-electron chi connectivity index (χ0n) is 10.2. The van der Waals surface area contributed by atoms with Crippen molar-refractivity contribution in [1.82, 2.24) is 5.06 Å². The molecule has 0 bridgehead atoms. The zero-order valence-corrected chi connectivity index (χ0v) is 10.2. The lowest BCUT2D eigenvalue weighted by atomic mass is 10.1. The Hall–Kier alpha value is -2.70. The molecule has 0 aromatic heterocycles. The first-order chi connectivity index (χ1) is 9.58. The Kier molecular flexibility index (Phi) is 2.74. The molecule has 1 unspecified atom stereocenters. The molecule has 0 saturated carbocycles. The summed E-state index contributed by atoms with van der Waals surface area (Å²) in [5.41, 5.74) is 0.369. The van der Waals surface area contributed by atoms with Gasteiger partial charge in [-0.25, -0.2) is 4.79 Å². The van der Waals surface area contributed by atoms with Crippen molar-refractivity contribution in [2.24, 2.45) is 5.92 Å². The van der Waals surface area contributed by atoms with Gasteiger partial charge in [0.2, 0.25) is 0 Å². The largest absolute Gasteiger partial charge is 0.465 e. The second kappa shape index (κ2) is 4.44. The molecule has 7 heteroatoms. The molecule has 2 heterocycles. The predicted molar refractivity (Wildman–Crippen MR) is 62.1 cm³/mol. The molecule has 2 aliphatic rings. The number of rotatable bonds is 2. The fourth-order valence-corrected chi connectivity index (χ4v) is 2.08. The van der Waals surface area contributed by atoms with E-state index in [4.69, 9.17) is 4.84 Å². The van der Waals surface area contributed by atoms with Crippen LogP contribution in [0.25, 0.3) is 0 Å². The predicted octanol–water partition coefficient (Wildman–Crippen LogP) is 0.304. The molecular weight excluding hydrogens is 266 g/mol. The molecule has 1 fully saturated rings. The minimum Gasteiger partial charge on any atom is -0.465 e. The van der Waals surface area contributed by atoms with Gasteiger partial charge in [0.25, 0.3) is 11.8 Å². The highest BCUT2D eigenvalue weighted by Crippen LogP contribution is 2.24. The van der Waals surface area contributed by atoms with E-state index in [0.29, 0.717) is 5.06 Å². The normalized spacial score (nSPS) is 20.9. The van der Waals surface area contributed by atoms with E-state index >= 15 is 0 Å². The summed E-state index contributed by atoms with van der Waals surface area (Å²) in [4.78, 5) is 51.4. The third-order valence-corrected chi connectivity index (χ3v) is 3.13. The first-order valence-electron chi connectivity index (χ1n) is 5.93. The summed E-state index contributed by atoms with van der Waals surface area (Å²) in [6, 6.07) is 6.18. The molecule has 3 rings (SSSR count). The van der Waals surface area contributed by atoms with Gasteiger partial charge in [-0.15, -0.1) is 0 Å². The molecule has 1 atom stereocenters. The Balaban J connectivity index is 1.77. The molecule has 102 valence electrons. The SMILES string of the molecule is O=C1CC(C(=O)ON2C(=O)c3ccccc3C2=O)CO1. The summed E-state index contributed by atoms with van der Waals surface area (Å²) in [6.45, 7) is -0.0964. The Morgan fingerprint density at radius 1 is 1.15 bits per heavy atom. The van der Waals surface area contributed by atoms with Crippen molar-refractivity contribution in [2.75, 3.05) is 6.61 Å². The van der Waals surface area contributed by atoms with Crippen LogP contribution in [-0.4, -0.2) is 35.4 Å². The summed E-state index contributed by atoms with van der Waals surface area (Å²) in [7, 11) is 0. The third kappa shape index (κ3) is 1.83. The van der Waals surface area contributed by atoms with Gasteiger partial charge in [0.15, 0.2) is 0 Å². The van der Waals surface area contributed by atoms with E-state index in [-0.39, 0.29) is 24.2 Å². The maximum absolute atomic E-state index is 12.0. The number of carbonyl (C=O) groups is 4. The number of esters is 1. The van der Waals surface area contributed by atoms with Crippen LogP contribution in [0.1, 0.15) is 27.1 Å². The van der Waals surface area contributed by atoms with E-state index in [9.17, 15) is 19.2 Å². The number of nitrogens with zero attached hydrogens (tertiary/aromatic N) is 1. The van der Waals surface area contributed by atoms with Crippen molar-refractivity contribution in [3.8, 4) is 0 Å². The van der Waals surface area contributed by atoms with E-state index in [2.05, 4.69) is 4.74 Å². The Bertz CT molecular complexity index is 603. The van der Waals surface area contributed by atoms with Crippen LogP contribution in [0.15, 0.2) is 24.3 Å². The van der Waals surface area contributed by atoms with Gasteiger partial charge in [-0.05, 0) is 12.1 Å². The second-order valence-corrected chi connectivity index (χ2v) is 4.44. The van der Waals surface area contributed by atoms with Crippen molar-refractivity contribution in [1.29, 1.82) is 0 Å². The van der Waals surface area contributed by atoms with Gasteiger partial charge in [-0.2, -0.15) is 0 Å². The number of fused-ring (bicyclic) bond motifs is 1. The summed E-state index contributed by atoms with van der Waals surface area (Å²) in [5, 5.41) is 0.426. The van der Waals surface area contributed by atoms with Gasteiger partial charge in [0.05, 0.1) is 17.5 Å². The first kappa shape index (κ1) is 12.3. The lowest BCUT2D eigenvalue weighted by molar-refractivity contribution is -0.173. The van der Waals surface area contributed by atoms with Crippen LogP contribution < -0.4 is 0 Å².